The number of rotatable bonds is 0. The van der Waals surface area contributed by atoms with Gasteiger partial charge in [0.1, 0.15) is 5.76 Å². The van der Waals surface area contributed by atoms with Crippen LogP contribution in [0.25, 0.3) is 0 Å². The summed E-state index contributed by atoms with van der Waals surface area (Å²) in [6.07, 6.45) is 9.37. The SMILES string of the molecule is C/C1=C(\C)C(C)CCCCCCCC2=C1O2. The molecule has 0 saturated carbocycles. The molecule has 0 saturated heterocycles. The highest BCUT2D eigenvalue weighted by molar-refractivity contribution is 5.40. The Hall–Kier alpha value is -0.720. The first kappa shape index (κ1) is 11.8. The molecule has 0 bridgehead atoms. The normalized spacial score (nSPS) is 32.3. The zero-order valence-electron chi connectivity index (χ0n) is 10.9. The molecule has 0 aromatic heterocycles. The summed E-state index contributed by atoms with van der Waals surface area (Å²) in [5, 5.41) is 0. The van der Waals surface area contributed by atoms with E-state index >= 15 is 0 Å². The van der Waals surface area contributed by atoms with Gasteiger partial charge in [0, 0.05) is 6.42 Å². The van der Waals surface area contributed by atoms with E-state index in [4.69, 9.17) is 4.74 Å². The molecule has 1 atom stereocenters. The molecule has 0 aromatic rings. The molecule has 1 aliphatic heterocycles. The van der Waals surface area contributed by atoms with E-state index in [0.717, 1.165) is 12.3 Å². The molecule has 2 aliphatic rings. The van der Waals surface area contributed by atoms with Crippen LogP contribution in [0.2, 0.25) is 0 Å². The lowest BCUT2D eigenvalue weighted by molar-refractivity contribution is 0.450. The van der Waals surface area contributed by atoms with Crippen molar-refractivity contribution in [1.82, 2.24) is 0 Å². The largest absolute Gasteiger partial charge is 0.454 e. The number of ether oxygens (including phenoxy) is 1. The van der Waals surface area contributed by atoms with Gasteiger partial charge in [-0.2, -0.15) is 0 Å². The van der Waals surface area contributed by atoms with Gasteiger partial charge >= 0.3 is 0 Å². The van der Waals surface area contributed by atoms with E-state index in [1.54, 1.807) is 0 Å². The molecule has 2 rings (SSSR count). The predicted molar refractivity (Wildman–Crippen MR) is 68.0 cm³/mol. The van der Waals surface area contributed by atoms with Gasteiger partial charge in [0.05, 0.1) is 0 Å². The molecule has 1 heteroatoms. The summed E-state index contributed by atoms with van der Waals surface area (Å²) in [5.74, 6) is 3.20. The molecule has 0 fully saturated rings. The lowest BCUT2D eigenvalue weighted by Crippen LogP contribution is -1.99. The monoisotopic (exact) mass is 220 g/mol. The Bertz CT molecular complexity index is 322. The highest BCUT2D eigenvalue weighted by atomic mass is 16.6. The van der Waals surface area contributed by atoms with E-state index in [1.807, 2.05) is 0 Å². The first-order valence-corrected chi connectivity index (χ1v) is 6.79. The third-order valence-electron chi connectivity index (χ3n) is 4.15. The van der Waals surface area contributed by atoms with Crippen molar-refractivity contribution >= 4 is 0 Å². The average Bonchev–Trinajstić information content (AvgIpc) is 3.03. The Labute approximate surface area is 99.6 Å². The molecule has 1 heterocycles. The molecular formula is C15H24O. The van der Waals surface area contributed by atoms with E-state index < -0.39 is 0 Å². The molecule has 90 valence electrons. The summed E-state index contributed by atoms with van der Waals surface area (Å²) in [6.45, 7) is 6.85. The van der Waals surface area contributed by atoms with Gasteiger partial charge in [-0.05, 0) is 38.2 Å². The highest BCUT2D eigenvalue weighted by Gasteiger charge is 2.27. The number of hydrogen-bond acceptors (Lipinski definition) is 1. The summed E-state index contributed by atoms with van der Waals surface area (Å²) in [7, 11) is 0. The second-order valence-electron chi connectivity index (χ2n) is 5.37. The fourth-order valence-electron chi connectivity index (χ4n) is 2.58. The summed E-state index contributed by atoms with van der Waals surface area (Å²) in [6, 6.07) is 0. The fourth-order valence-corrected chi connectivity index (χ4v) is 2.58. The number of allylic oxidation sites excluding steroid dienone is 3. The smallest absolute Gasteiger partial charge is 0.168 e. The lowest BCUT2D eigenvalue weighted by Gasteiger charge is -2.14. The van der Waals surface area contributed by atoms with Crippen molar-refractivity contribution in [2.75, 3.05) is 0 Å². The van der Waals surface area contributed by atoms with Gasteiger partial charge in [0.25, 0.3) is 0 Å². The van der Waals surface area contributed by atoms with Gasteiger partial charge in [-0.15, -0.1) is 0 Å². The van der Waals surface area contributed by atoms with E-state index in [0.29, 0.717) is 0 Å². The van der Waals surface area contributed by atoms with Crippen LogP contribution in [0, 0.1) is 5.92 Å². The first-order chi connectivity index (χ1) is 7.70. The van der Waals surface area contributed by atoms with Crippen molar-refractivity contribution in [3.05, 3.63) is 22.7 Å². The maximum atomic E-state index is 5.64. The van der Waals surface area contributed by atoms with Crippen LogP contribution < -0.4 is 0 Å². The molecule has 0 radical (unpaired) electrons. The Morgan fingerprint density at radius 2 is 1.69 bits per heavy atom. The Balaban J connectivity index is 2.11. The molecule has 1 nitrogen and oxygen atoms in total. The minimum absolute atomic E-state index is 0.720. The van der Waals surface area contributed by atoms with Gasteiger partial charge in [-0.3, -0.25) is 0 Å². The molecule has 0 aromatic carbocycles. The Kier molecular flexibility index (Phi) is 3.73. The Morgan fingerprint density at radius 3 is 2.50 bits per heavy atom. The second kappa shape index (κ2) is 5.07. The van der Waals surface area contributed by atoms with Crippen molar-refractivity contribution < 1.29 is 4.74 Å². The molecule has 0 N–H and O–H groups in total. The van der Waals surface area contributed by atoms with Crippen molar-refractivity contribution in [3.63, 3.8) is 0 Å². The van der Waals surface area contributed by atoms with Crippen molar-refractivity contribution in [2.45, 2.75) is 65.7 Å². The maximum absolute atomic E-state index is 5.64. The van der Waals surface area contributed by atoms with Crippen LogP contribution in [-0.4, -0.2) is 0 Å². The quantitative estimate of drug-likeness (QED) is 0.563. The minimum atomic E-state index is 0.720. The van der Waals surface area contributed by atoms with Gasteiger partial charge in [0.2, 0.25) is 0 Å². The van der Waals surface area contributed by atoms with Crippen LogP contribution in [-0.2, 0) is 4.74 Å². The van der Waals surface area contributed by atoms with Gasteiger partial charge in [0.15, 0.2) is 5.76 Å². The van der Waals surface area contributed by atoms with Gasteiger partial charge in [-0.25, -0.2) is 0 Å². The molecule has 0 spiro atoms. The molecule has 0 amide bonds. The van der Waals surface area contributed by atoms with E-state index in [9.17, 15) is 0 Å². The molecule has 1 aliphatic carbocycles. The topological polar surface area (TPSA) is 12.5 Å². The standard InChI is InChI=1S/C15H24O/c1-11-9-7-5-4-6-8-10-14-15(16-14)13(3)12(11)2/h11H,4-10H2,1-3H3/b13-12-. The van der Waals surface area contributed by atoms with Gasteiger partial charge in [-0.1, -0.05) is 38.2 Å². The first-order valence-electron chi connectivity index (χ1n) is 6.79. The van der Waals surface area contributed by atoms with Gasteiger partial charge < -0.3 is 4.74 Å². The summed E-state index contributed by atoms with van der Waals surface area (Å²) >= 11 is 0. The third-order valence-corrected chi connectivity index (χ3v) is 4.15. The summed E-state index contributed by atoms with van der Waals surface area (Å²) < 4.78 is 5.64. The number of hydrogen-bond donors (Lipinski definition) is 0. The van der Waals surface area contributed by atoms with E-state index in [2.05, 4.69) is 20.8 Å². The summed E-state index contributed by atoms with van der Waals surface area (Å²) in [4.78, 5) is 0. The van der Waals surface area contributed by atoms with Crippen molar-refractivity contribution in [2.24, 2.45) is 5.92 Å². The van der Waals surface area contributed by atoms with Crippen LogP contribution in [0.3, 0.4) is 0 Å². The molecule has 1 unspecified atom stereocenters. The Morgan fingerprint density at radius 1 is 1.00 bits per heavy atom. The van der Waals surface area contributed by atoms with Crippen LogP contribution in [0.15, 0.2) is 22.7 Å². The fraction of sp³-hybridized carbons (Fsp3) is 0.733. The second-order valence-corrected chi connectivity index (χ2v) is 5.37. The minimum Gasteiger partial charge on any atom is -0.454 e. The van der Waals surface area contributed by atoms with Crippen LogP contribution in [0.4, 0.5) is 0 Å². The third kappa shape index (κ3) is 2.69. The zero-order valence-corrected chi connectivity index (χ0v) is 10.9. The van der Waals surface area contributed by atoms with E-state index in [1.165, 1.54) is 61.2 Å². The lowest BCUT2D eigenvalue weighted by atomic mass is 9.91. The van der Waals surface area contributed by atoms with Crippen LogP contribution >= 0.6 is 0 Å². The van der Waals surface area contributed by atoms with Crippen LogP contribution in [0.5, 0.6) is 0 Å². The summed E-state index contributed by atoms with van der Waals surface area (Å²) in [5.41, 5.74) is 2.94. The highest BCUT2D eigenvalue weighted by Crippen LogP contribution is 2.39. The predicted octanol–water partition coefficient (Wildman–Crippen LogP) is 4.95. The van der Waals surface area contributed by atoms with E-state index in [-0.39, 0.29) is 0 Å². The molecule has 16 heavy (non-hydrogen) atoms. The van der Waals surface area contributed by atoms with Crippen molar-refractivity contribution in [3.8, 4) is 0 Å². The zero-order chi connectivity index (χ0) is 11.5. The average molecular weight is 220 g/mol. The molecular weight excluding hydrogens is 196 g/mol. The van der Waals surface area contributed by atoms with Crippen LogP contribution in [0.1, 0.15) is 65.7 Å². The van der Waals surface area contributed by atoms with Crippen molar-refractivity contribution in [1.29, 1.82) is 0 Å². The maximum Gasteiger partial charge on any atom is 0.168 e.